The molecule has 0 saturated heterocycles. The zero-order valence-electron chi connectivity index (χ0n) is 12.7. The highest BCUT2D eigenvalue weighted by Crippen LogP contribution is 2.36. The standard InChI is InChI=1S/C16H13ClN4O3S/c17-12-4-2-1-3-11(12)14-13(15(16(18)22)21-20-14)9-5-7-10(8-6-9)25(19,23)24/h1-8H,(H2,18,22)(H,20,21)(H2,19,23,24). The van der Waals surface area contributed by atoms with E-state index in [4.69, 9.17) is 22.5 Å². The van der Waals surface area contributed by atoms with Crippen molar-refractivity contribution < 1.29 is 13.2 Å². The van der Waals surface area contributed by atoms with Crippen LogP contribution in [0.1, 0.15) is 10.5 Å². The molecule has 2 aromatic carbocycles. The maximum atomic E-state index is 11.8. The molecule has 0 atom stereocenters. The lowest BCUT2D eigenvalue weighted by molar-refractivity contribution is 0.0996. The number of aromatic amines is 1. The molecule has 7 nitrogen and oxygen atoms in total. The van der Waals surface area contributed by atoms with Crippen LogP contribution in [0.15, 0.2) is 53.4 Å². The number of sulfonamides is 1. The Morgan fingerprint density at radius 3 is 2.28 bits per heavy atom. The van der Waals surface area contributed by atoms with E-state index in [1.54, 1.807) is 24.3 Å². The van der Waals surface area contributed by atoms with Gasteiger partial charge in [-0.3, -0.25) is 9.89 Å². The van der Waals surface area contributed by atoms with Crippen LogP contribution in [-0.2, 0) is 10.0 Å². The molecule has 0 fully saturated rings. The molecule has 0 unspecified atom stereocenters. The summed E-state index contributed by atoms with van der Waals surface area (Å²) in [6.07, 6.45) is 0. The first-order valence-corrected chi connectivity index (χ1v) is 8.98. The van der Waals surface area contributed by atoms with E-state index in [0.717, 1.165) is 0 Å². The topological polar surface area (TPSA) is 132 Å². The van der Waals surface area contributed by atoms with Gasteiger partial charge in [0, 0.05) is 11.1 Å². The zero-order valence-corrected chi connectivity index (χ0v) is 14.3. The minimum Gasteiger partial charge on any atom is -0.364 e. The van der Waals surface area contributed by atoms with Gasteiger partial charge in [-0.15, -0.1) is 0 Å². The first kappa shape index (κ1) is 17.2. The van der Waals surface area contributed by atoms with E-state index >= 15 is 0 Å². The number of aromatic nitrogens is 2. The summed E-state index contributed by atoms with van der Waals surface area (Å²) < 4.78 is 22.8. The highest BCUT2D eigenvalue weighted by atomic mass is 35.5. The second-order valence-electron chi connectivity index (χ2n) is 5.24. The third-order valence-corrected chi connectivity index (χ3v) is 4.87. The number of rotatable bonds is 4. The Morgan fingerprint density at radius 2 is 1.72 bits per heavy atom. The molecule has 25 heavy (non-hydrogen) atoms. The first-order chi connectivity index (χ1) is 11.8. The van der Waals surface area contributed by atoms with Crippen LogP contribution in [-0.4, -0.2) is 24.5 Å². The van der Waals surface area contributed by atoms with Crippen molar-refractivity contribution in [3.63, 3.8) is 0 Å². The lowest BCUT2D eigenvalue weighted by Crippen LogP contribution is -2.13. The summed E-state index contributed by atoms with van der Waals surface area (Å²) in [5.74, 6) is -0.698. The predicted molar refractivity (Wildman–Crippen MR) is 94.4 cm³/mol. The number of H-pyrrole nitrogens is 1. The second-order valence-corrected chi connectivity index (χ2v) is 7.20. The van der Waals surface area contributed by atoms with E-state index in [9.17, 15) is 13.2 Å². The summed E-state index contributed by atoms with van der Waals surface area (Å²) in [5, 5.41) is 12.3. The summed E-state index contributed by atoms with van der Waals surface area (Å²) in [6.45, 7) is 0. The van der Waals surface area contributed by atoms with Crippen molar-refractivity contribution in [2.45, 2.75) is 4.90 Å². The number of hydrogen-bond acceptors (Lipinski definition) is 4. The van der Waals surface area contributed by atoms with E-state index in [-0.39, 0.29) is 10.6 Å². The Balaban J connectivity index is 2.23. The molecule has 0 aliphatic carbocycles. The molecule has 1 amide bonds. The van der Waals surface area contributed by atoms with Crippen molar-refractivity contribution in [3.8, 4) is 22.4 Å². The highest BCUT2D eigenvalue weighted by Gasteiger charge is 2.21. The Kier molecular flexibility index (Phi) is 4.34. The molecule has 0 bridgehead atoms. The fourth-order valence-corrected chi connectivity index (χ4v) is 3.20. The van der Waals surface area contributed by atoms with Crippen molar-refractivity contribution in [1.29, 1.82) is 0 Å². The van der Waals surface area contributed by atoms with E-state index in [1.165, 1.54) is 24.3 Å². The van der Waals surface area contributed by atoms with E-state index in [1.807, 2.05) is 0 Å². The molecular formula is C16H13ClN4O3S. The number of nitrogens with one attached hydrogen (secondary N) is 1. The third kappa shape index (κ3) is 3.27. The van der Waals surface area contributed by atoms with Gasteiger partial charge in [0.15, 0.2) is 0 Å². The number of carbonyl (C=O) groups is 1. The molecule has 0 saturated carbocycles. The van der Waals surface area contributed by atoms with Gasteiger partial charge in [-0.1, -0.05) is 41.9 Å². The summed E-state index contributed by atoms with van der Waals surface area (Å²) >= 11 is 6.23. The molecule has 0 aliphatic rings. The zero-order chi connectivity index (χ0) is 18.2. The van der Waals surface area contributed by atoms with Crippen LogP contribution in [0.5, 0.6) is 0 Å². The minimum atomic E-state index is -3.82. The van der Waals surface area contributed by atoms with Gasteiger partial charge < -0.3 is 5.73 Å². The molecule has 3 aromatic rings. The van der Waals surface area contributed by atoms with Crippen LogP contribution in [0.3, 0.4) is 0 Å². The molecule has 5 N–H and O–H groups in total. The van der Waals surface area contributed by atoms with Gasteiger partial charge in [-0.05, 0) is 23.8 Å². The second kappa shape index (κ2) is 6.32. The van der Waals surface area contributed by atoms with Gasteiger partial charge in [0.1, 0.15) is 11.4 Å². The molecule has 1 heterocycles. The summed E-state index contributed by atoms with van der Waals surface area (Å²) in [5.41, 5.74) is 7.54. The minimum absolute atomic E-state index is 0.0420. The summed E-state index contributed by atoms with van der Waals surface area (Å²) in [4.78, 5) is 11.7. The molecule has 9 heteroatoms. The van der Waals surface area contributed by atoms with Crippen LogP contribution in [0.4, 0.5) is 0 Å². The lowest BCUT2D eigenvalue weighted by Gasteiger charge is -2.07. The third-order valence-electron chi connectivity index (χ3n) is 3.61. The smallest absolute Gasteiger partial charge is 0.267 e. The number of benzene rings is 2. The van der Waals surface area contributed by atoms with Crippen molar-refractivity contribution in [2.75, 3.05) is 0 Å². The number of primary sulfonamides is 1. The largest absolute Gasteiger partial charge is 0.364 e. The first-order valence-electron chi connectivity index (χ1n) is 7.05. The van der Waals surface area contributed by atoms with Gasteiger partial charge in [0.25, 0.3) is 5.91 Å². The number of nitrogens with two attached hydrogens (primary N) is 2. The van der Waals surface area contributed by atoms with Crippen LogP contribution in [0.25, 0.3) is 22.4 Å². The van der Waals surface area contributed by atoms with Gasteiger partial charge in [-0.25, -0.2) is 13.6 Å². The van der Waals surface area contributed by atoms with Crippen LogP contribution < -0.4 is 10.9 Å². The van der Waals surface area contributed by atoms with Crippen LogP contribution >= 0.6 is 11.6 Å². The van der Waals surface area contributed by atoms with Crippen molar-refractivity contribution in [3.05, 3.63) is 59.2 Å². The van der Waals surface area contributed by atoms with E-state index in [2.05, 4.69) is 10.2 Å². The Morgan fingerprint density at radius 1 is 1.08 bits per heavy atom. The molecular weight excluding hydrogens is 364 g/mol. The number of carbonyl (C=O) groups excluding carboxylic acids is 1. The number of nitrogens with zero attached hydrogens (tertiary/aromatic N) is 1. The summed E-state index contributed by atoms with van der Waals surface area (Å²) in [7, 11) is -3.82. The lowest BCUT2D eigenvalue weighted by atomic mass is 9.98. The fourth-order valence-electron chi connectivity index (χ4n) is 2.46. The molecule has 128 valence electrons. The Hall–Kier alpha value is -2.68. The highest BCUT2D eigenvalue weighted by molar-refractivity contribution is 7.89. The number of halogens is 1. The Bertz CT molecular complexity index is 1060. The van der Waals surface area contributed by atoms with E-state index in [0.29, 0.717) is 27.4 Å². The summed E-state index contributed by atoms with van der Waals surface area (Å²) in [6, 6.07) is 12.8. The van der Waals surface area contributed by atoms with Crippen molar-refractivity contribution in [1.82, 2.24) is 10.2 Å². The average molecular weight is 377 g/mol. The van der Waals surface area contributed by atoms with Crippen LogP contribution in [0, 0.1) is 0 Å². The number of hydrogen-bond donors (Lipinski definition) is 3. The normalized spacial score (nSPS) is 11.4. The van der Waals surface area contributed by atoms with Crippen LogP contribution in [0.2, 0.25) is 5.02 Å². The van der Waals surface area contributed by atoms with Crippen molar-refractivity contribution in [2.24, 2.45) is 10.9 Å². The number of primary amides is 1. The molecule has 0 radical (unpaired) electrons. The molecule has 0 aliphatic heterocycles. The average Bonchev–Trinajstić information content (AvgIpc) is 2.99. The number of amides is 1. The molecule has 0 spiro atoms. The predicted octanol–water partition coefficient (Wildman–Crippen LogP) is 2.14. The van der Waals surface area contributed by atoms with Gasteiger partial charge in [0.05, 0.1) is 9.92 Å². The molecule has 1 aromatic heterocycles. The Labute approximate surface area is 148 Å². The fraction of sp³-hybridized carbons (Fsp3) is 0. The van der Waals surface area contributed by atoms with Gasteiger partial charge >= 0.3 is 0 Å². The van der Waals surface area contributed by atoms with Gasteiger partial charge in [-0.2, -0.15) is 5.10 Å². The quantitative estimate of drug-likeness (QED) is 0.643. The molecule has 3 rings (SSSR count). The monoisotopic (exact) mass is 376 g/mol. The van der Waals surface area contributed by atoms with Crippen molar-refractivity contribution >= 4 is 27.5 Å². The SMILES string of the molecule is NC(=O)c1[nH]nc(-c2ccccc2Cl)c1-c1ccc(S(N)(=O)=O)cc1. The maximum absolute atomic E-state index is 11.8. The van der Waals surface area contributed by atoms with E-state index < -0.39 is 15.9 Å². The van der Waals surface area contributed by atoms with Gasteiger partial charge in [0.2, 0.25) is 10.0 Å². The maximum Gasteiger partial charge on any atom is 0.267 e.